The molecule has 2 aromatic rings. The molecule has 2 heterocycles. The molecule has 0 aliphatic carbocycles. The molecule has 2 aromatic carbocycles. The van der Waals surface area contributed by atoms with Crippen LogP contribution >= 0.6 is 0 Å². The normalized spacial score (nSPS) is 16.0. The van der Waals surface area contributed by atoms with Gasteiger partial charge in [-0.05, 0) is 43.5 Å². The third-order valence-corrected chi connectivity index (χ3v) is 6.62. The highest BCUT2D eigenvalue weighted by Crippen LogP contribution is 2.30. The summed E-state index contributed by atoms with van der Waals surface area (Å²) in [7, 11) is 0. The number of hydrogen-bond donors (Lipinski definition) is 2. The largest absolute Gasteiger partial charge is 0.489 e. The minimum Gasteiger partial charge on any atom is -0.489 e. The van der Waals surface area contributed by atoms with Crippen molar-refractivity contribution in [3.8, 4) is 5.75 Å². The Kier molecular flexibility index (Phi) is 11.5. The van der Waals surface area contributed by atoms with E-state index in [1.807, 2.05) is 24.3 Å². The van der Waals surface area contributed by atoms with Crippen LogP contribution in [-0.4, -0.2) is 76.0 Å². The third kappa shape index (κ3) is 9.68. The number of para-hydroxylation sites is 2. The zero-order valence-electron chi connectivity index (χ0n) is 23.3. The third-order valence-electron chi connectivity index (χ3n) is 6.62. The molecule has 40 heavy (non-hydrogen) atoms. The molecule has 2 aliphatic heterocycles. The Morgan fingerprint density at radius 1 is 0.825 bits per heavy atom. The summed E-state index contributed by atoms with van der Waals surface area (Å²) in [4.78, 5) is 49.8. The number of anilines is 1. The predicted octanol–water partition coefficient (Wildman–Crippen LogP) is 3.77. The lowest BCUT2D eigenvalue weighted by Gasteiger charge is -2.37. The molecular weight excluding hydrogens is 514 g/mol. The maximum atomic E-state index is 12.1. The van der Waals surface area contributed by atoms with E-state index in [1.165, 1.54) is 16.2 Å². The van der Waals surface area contributed by atoms with Crippen molar-refractivity contribution in [3.63, 3.8) is 0 Å². The van der Waals surface area contributed by atoms with Crippen LogP contribution < -0.4 is 9.64 Å². The summed E-state index contributed by atoms with van der Waals surface area (Å²) in [5.74, 6) is -1.31. The molecule has 4 rings (SSSR count). The molecule has 2 saturated heterocycles. The van der Waals surface area contributed by atoms with Crippen molar-refractivity contribution in [1.29, 1.82) is 0 Å². The Morgan fingerprint density at radius 3 is 1.98 bits per heavy atom. The van der Waals surface area contributed by atoms with E-state index in [0.29, 0.717) is 25.8 Å². The highest BCUT2D eigenvalue weighted by Gasteiger charge is 2.26. The number of rotatable bonds is 10. The van der Waals surface area contributed by atoms with E-state index < -0.39 is 11.9 Å². The number of benzene rings is 2. The van der Waals surface area contributed by atoms with Crippen LogP contribution in [0.4, 0.5) is 5.69 Å². The van der Waals surface area contributed by atoms with E-state index in [1.54, 1.807) is 0 Å². The van der Waals surface area contributed by atoms with Crippen molar-refractivity contribution in [3.05, 3.63) is 59.7 Å². The lowest BCUT2D eigenvalue weighted by molar-refractivity contribution is -0.148. The van der Waals surface area contributed by atoms with Crippen molar-refractivity contribution >= 4 is 29.4 Å². The van der Waals surface area contributed by atoms with Gasteiger partial charge in [-0.15, -0.1) is 0 Å². The standard InChI is InChI=1S/C26H33N3O3.C4H6O4/c1-20(2)32-24-10-4-3-9-23(24)28-15-13-27(14-16-28)18-21-7-5-8-22(17-21)19-29-25(30)11-6-12-26(29)31;5-3(6)1-2-4(7)8/h3-5,7-10,17,20H,6,11-16,18-19H2,1-2H3;1-2H2,(H,5,6)(H,7,8). The molecule has 2 fully saturated rings. The SMILES string of the molecule is CC(C)Oc1ccccc1N1CCN(Cc2cccc(CN3C(=O)CCCC3=O)c2)CC1.O=C(O)CCC(=O)O. The van der Waals surface area contributed by atoms with Gasteiger partial charge in [-0.25, -0.2) is 0 Å². The van der Waals surface area contributed by atoms with Gasteiger partial charge in [0.1, 0.15) is 5.75 Å². The number of carbonyl (C=O) groups excluding carboxylic acids is 2. The van der Waals surface area contributed by atoms with Crippen LogP contribution in [-0.2, 0) is 32.3 Å². The first-order valence-corrected chi connectivity index (χ1v) is 13.7. The summed E-state index contributed by atoms with van der Waals surface area (Å²) in [6.07, 6.45) is 1.18. The number of carboxylic acid groups (broad SMARTS) is 2. The van der Waals surface area contributed by atoms with E-state index in [9.17, 15) is 19.2 Å². The number of hydrogen-bond acceptors (Lipinski definition) is 7. The van der Waals surface area contributed by atoms with Gasteiger partial charge in [0.2, 0.25) is 11.8 Å². The van der Waals surface area contributed by atoms with Crippen LogP contribution in [0.25, 0.3) is 0 Å². The smallest absolute Gasteiger partial charge is 0.303 e. The lowest BCUT2D eigenvalue weighted by Crippen LogP contribution is -2.46. The Hall–Kier alpha value is -3.92. The first kappa shape index (κ1) is 30.6. The van der Waals surface area contributed by atoms with Crippen LogP contribution in [0, 0.1) is 0 Å². The van der Waals surface area contributed by atoms with Gasteiger partial charge in [-0.3, -0.25) is 29.0 Å². The van der Waals surface area contributed by atoms with Gasteiger partial charge in [0.05, 0.1) is 31.2 Å². The van der Waals surface area contributed by atoms with Gasteiger partial charge in [-0.1, -0.05) is 36.4 Å². The van der Waals surface area contributed by atoms with E-state index in [2.05, 4.69) is 47.9 Å². The fraction of sp³-hybridized carbons (Fsp3) is 0.467. The van der Waals surface area contributed by atoms with E-state index in [-0.39, 0.29) is 30.8 Å². The molecule has 2 N–H and O–H groups in total. The Labute approximate surface area is 235 Å². The topological polar surface area (TPSA) is 128 Å². The summed E-state index contributed by atoms with van der Waals surface area (Å²) >= 11 is 0. The second-order valence-corrected chi connectivity index (χ2v) is 10.2. The van der Waals surface area contributed by atoms with Crippen LogP contribution in [0.3, 0.4) is 0 Å². The number of nitrogens with zero attached hydrogens (tertiary/aromatic N) is 3. The number of piperidine rings is 1. The number of piperazine rings is 1. The van der Waals surface area contributed by atoms with Gasteiger partial charge in [0.15, 0.2) is 0 Å². The Bertz CT molecular complexity index is 1150. The molecule has 0 unspecified atom stereocenters. The zero-order chi connectivity index (χ0) is 29.1. The molecule has 0 atom stereocenters. The molecule has 0 saturated carbocycles. The molecule has 0 bridgehead atoms. The summed E-state index contributed by atoms with van der Waals surface area (Å²) < 4.78 is 6.00. The van der Waals surface area contributed by atoms with Crippen molar-refractivity contribution in [2.45, 2.75) is 65.1 Å². The molecular formula is C30H39N3O7. The number of aliphatic carboxylic acids is 2. The Balaban J connectivity index is 0.000000482. The highest BCUT2D eigenvalue weighted by molar-refractivity contribution is 5.97. The molecule has 2 amide bonds. The number of amides is 2. The minimum atomic E-state index is -1.08. The van der Waals surface area contributed by atoms with Crippen LogP contribution in [0.2, 0.25) is 0 Å². The molecule has 2 aliphatic rings. The van der Waals surface area contributed by atoms with Gasteiger partial charge in [0, 0.05) is 45.6 Å². The molecule has 0 spiro atoms. The van der Waals surface area contributed by atoms with Gasteiger partial charge in [0.25, 0.3) is 0 Å². The number of likely N-dealkylation sites (tertiary alicyclic amines) is 1. The maximum absolute atomic E-state index is 12.1. The second kappa shape index (κ2) is 15.0. The fourth-order valence-electron chi connectivity index (χ4n) is 4.68. The first-order valence-electron chi connectivity index (χ1n) is 13.7. The number of imide groups is 1. The second-order valence-electron chi connectivity index (χ2n) is 10.2. The molecule has 10 nitrogen and oxygen atoms in total. The van der Waals surface area contributed by atoms with Crippen molar-refractivity contribution in [2.75, 3.05) is 31.1 Å². The number of carboxylic acids is 2. The average Bonchev–Trinajstić information content (AvgIpc) is 2.91. The van der Waals surface area contributed by atoms with Gasteiger partial charge >= 0.3 is 11.9 Å². The van der Waals surface area contributed by atoms with E-state index in [0.717, 1.165) is 44.0 Å². The monoisotopic (exact) mass is 553 g/mol. The maximum Gasteiger partial charge on any atom is 0.303 e. The first-order chi connectivity index (χ1) is 19.1. The van der Waals surface area contributed by atoms with Crippen molar-refractivity contribution in [2.24, 2.45) is 0 Å². The van der Waals surface area contributed by atoms with Crippen LogP contribution in [0.15, 0.2) is 48.5 Å². The summed E-state index contributed by atoms with van der Waals surface area (Å²) in [5.41, 5.74) is 3.40. The van der Waals surface area contributed by atoms with E-state index in [4.69, 9.17) is 14.9 Å². The number of ether oxygens (including phenoxy) is 1. The molecule has 0 aromatic heterocycles. The van der Waals surface area contributed by atoms with Gasteiger partial charge < -0.3 is 19.8 Å². The quantitative estimate of drug-likeness (QED) is 0.423. The lowest BCUT2D eigenvalue weighted by atomic mass is 10.1. The summed E-state index contributed by atoms with van der Waals surface area (Å²) in [5, 5.41) is 15.8. The molecule has 216 valence electrons. The van der Waals surface area contributed by atoms with E-state index >= 15 is 0 Å². The van der Waals surface area contributed by atoms with Gasteiger partial charge in [-0.2, -0.15) is 0 Å². The summed E-state index contributed by atoms with van der Waals surface area (Å²) in [6.45, 7) is 9.22. The number of carbonyl (C=O) groups is 4. The molecule has 0 radical (unpaired) electrons. The fourth-order valence-corrected chi connectivity index (χ4v) is 4.68. The van der Waals surface area contributed by atoms with Crippen LogP contribution in [0.5, 0.6) is 5.75 Å². The van der Waals surface area contributed by atoms with Crippen molar-refractivity contribution in [1.82, 2.24) is 9.80 Å². The average molecular weight is 554 g/mol. The minimum absolute atomic E-state index is 0.0514. The van der Waals surface area contributed by atoms with Crippen molar-refractivity contribution < 1.29 is 34.1 Å². The zero-order valence-corrected chi connectivity index (χ0v) is 23.3. The molecule has 10 heteroatoms. The Morgan fingerprint density at radius 2 is 1.40 bits per heavy atom. The predicted molar refractivity (Wildman–Crippen MR) is 150 cm³/mol. The van der Waals surface area contributed by atoms with Crippen LogP contribution in [0.1, 0.15) is 57.1 Å². The summed E-state index contributed by atoms with van der Waals surface area (Å²) in [6, 6.07) is 16.6. The highest BCUT2D eigenvalue weighted by atomic mass is 16.5.